The molecule has 10 heteroatoms. The van der Waals surface area contributed by atoms with E-state index >= 15 is 0 Å². The molecule has 0 radical (unpaired) electrons. The molecular weight excluding hydrogens is 383 g/mol. The number of aromatic hydroxyl groups is 1. The average molecular weight is 394 g/mol. The first-order valence-electron chi connectivity index (χ1n) is 7.06. The summed E-state index contributed by atoms with van der Waals surface area (Å²) in [4.78, 5) is 13.5. The molecule has 3 rings (SSSR count). The Bertz CT molecular complexity index is 1050. The number of benzene rings is 2. The third-order valence-electron chi connectivity index (χ3n) is 3.49. The van der Waals surface area contributed by atoms with Crippen LogP contribution in [-0.2, 0) is 19.6 Å². The number of anilines is 1. The number of hydrogen-bond acceptors (Lipinski definition) is 6. The van der Waals surface area contributed by atoms with Crippen LogP contribution in [0.3, 0.4) is 0 Å². The molecule has 1 amide bonds. The van der Waals surface area contributed by atoms with Crippen LogP contribution >= 0.6 is 12.2 Å². The molecule has 7 nitrogen and oxygen atoms in total. The predicted molar refractivity (Wildman–Crippen MR) is 95.0 cm³/mol. The predicted octanol–water partition coefficient (Wildman–Crippen LogP) is 1.87. The number of halogens is 1. The summed E-state index contributed by atoms with van der Waals surface area (Å²) >= 11 is 5.03. The van der Waals surface area contributed by atoms with E-state index in [9.17, 15) is 22.7 Å². The second-order valence-corrected chi connectivity index (χ2v) is 7.18. The minimum Gasteiger partial charge on any atom is -0.505 e. The summed E-state index contributed by atoms with van der Waals surface area (Å²) < 4.78 is 41.2. The highest BCUT2D eigenvalue weighted by Crippen LogP contribution is 2.28. The summed E-state index contributed by atoms with van der Waals surface area (Å²) in [5, 5.41) is 14.1. The third kappa shape index (κ3) is 3.43. The molecule has 0 aliphatic carbocycles. The zero-order valence-electron chi connectivity index (χ0n) is 12.9. The van der Waals surface area contributed by atoms with E-state index in [1.807, 2.05) is 0 Å². The lowest BCUT2D eigenvalue weighted by Crippen LogP contribution is -2.28. The van der Waals surface area contributed by atoms with Crippen molar-refractivity contribution in [1.29, 1.82) is 0 Å². The lowest BCUT2D eigenvalue weighted by Gasteiger charge is -2.12. The van der Waals surface area contributed by atoms with E-state index in [0.29, 0.717) is 0 Å². The van der Waals surface area contributed by atoms with Gasteiger partial charge in [-0.05, 0) is 60.3 Å². The average Bonchev–Trinajstić information content (AvgIpc) is 2.84. The second kappa shape index (κ2) is 6.48. The number of carbonyl (C=O) groups is 1. The molecule has 1 fully saturated rings. The zero-order valence-corrected chi connectivity index (χ0v) is 14.6. The van der Waals surface area contributed by atoms with Crippen molar-refractivity contribution in [2.24, 2.45) is 5.14 Å². The molecule has 2 aromatic carbocycles. The van der Waals surface area contributed by atoms with E-state index in [-0.39, 0.29) is 27.1 Å². The lowest BCUT2D eigenvalue weighted by atomic mass is 10.2. The molecular formula is C16H11FN2O5S2. The highest BCUT2D eigenvalue weighted by atomic mass is 32.2. The number of nitrogens with two attached hydrogens (primary N) is 1. The minimum absolute atomic E-state index is 0.116. The molecule has 3 N–H and O–H groups in total. The smallest absolute Gasteiger partial charge is 0.301 e. The maximum Gasteiger partial charge on any atom is 0.301 e. The fourth-order valence-corrected chi connectivity index (χ4v) is 3.03. The van der Waals surface area contributed by atoms with Crippen molar-refractivity contribution in [3.8, 4) is 5.75 Å². The minimum atomic E-state index is -3.86. The second-order valence-electron chi connectivity index (χ2n) is 5.27. The van der Waals surface area contributed by atoms with Crippen molar-refractivity contribution in [1.82, 2.24) is 0 Å². The van der Waals surface area contributed by atoms with Crippen LogP contribution in [0.2, 0.25) is 0 Å². The molecule has 2 aromatic rings. The van der Waals surface area contributed by atoms with Gasteiger partial charge >= 0.3 is 5.91 Å². The summed E-state index contributed by atoms with van der Waals surface area (Å²) in [7, 11) is -3.86. The number of rotatable bonds is 3. The summed E-state index contributed by atoms with van der Waals surface area (Å²) in [5.41, 5.74) is 0.575. The van der Waals surface area contributed by atoms with Gasteiger partial charge in [-0.2, -0.15) is 0 Å². The van der Waals surface area contributed by atoms with Crippen LogP contribution in [0.1, 0.15) is 5.56 Å². The quantitative estimate of drug-likeness (QED) is 0.608. The van der Waals surface area contributed by atoms with Crippen molar-refractivity contribution in [2.45, 2.75) is 4.90 Å². The van der Waals surface area contributed by atoms with Crippen molar-refractivity contribution in [2.75, 3.05) is 4.90 Å². The van der Waals surface area contributed by atoms with E-state index in [1.165, 1.54) is 36.4 Å². The molecule has 0 saturated carbocycles. The van der Waals surface area contributed by atoms with Crippen molar-refractivity contribution in [3.05, 3.63) is 59.6 Å². The number of primary sulfonamides is 1. The molecule has 0 unspecified atom stereocenters. The molecule has 0 spiro atoms. The number of hydrogen-bond donors (Lipinski definition) is 2. The number of amides is 1. The van der Waals surface area contributed by atoms with Gasteiger partial charge in [-0.25, -0.2) is 22.8 Å². The Labute approximate surface area is 153 Å². The number of phenols is 1. The monoisotopic (exact) mass is 394 g/mol. The Kier molecular flexibility index (Phi) is 4.48. The normalized spacial score (nSPS) is 16.2. The van der Waals surface area contributed by atoms with Gasteiger partial charge in [0.05, 0.1) is 10.6 Å². The molecule has 0 aromatic heterocycles. The maximum atomic E-state index is 13.4. The van der Waals surface area contributed by atoms with Crippen molar-refractivity contribution >= 4 is 45.1 Å². The Hall–Kier alpha value is -2.82. The topological polar surface area (TPSA) is 110 Å². The fraction of sp³-hybridized carbons (Fsp3) is 0. The molecule has 0 bridgehead atoms. The first-order chi connectivity index (χ1) is 12.2. The van der Waals surface area contributed by atoms with Gasteiger partial charge in [-0.15, -0.1) is 0 Å². The largest absolute Gasteiger partial charge is 0.505 e. The summed E-state index contributed by atoms with van der Waals surface area (Å²) in [6, 6.07) is 8.76. The third-order valence-corrected chi connectivity index (χ3v) is 4.68. The van der Waals surface area contributed by atoms with Crippen LogP contribution in [0, 0.1) is 5.82 Å². The van der Waals surface area contributed by atoms with Gasteiger partial charge in [0.2, 0.25) is 10.0 Å². The highest BCUT2D eigenvalue weighted by Gasteiger charge is 2.34. The molecule has 26 heavy (non-hydrogen) atoms. The van der Waals surface area contributed by atoms with Crippen LogP contribution in [-0.4, -0.2) is 24.6 Å². The Morgan fingerprint density at radius 1 is 1.19 bits per heavy atom. The lowest BCUT2D eigenvalue weighted by molar-refractivity contribution is -0.114. The van der Waals surface area contributed by atoms with Gasteiger partial charge in [0.1, 0.15) is 0 Å². The van der Waals surface area contributed by atoms with E-state index in [0.717, 1.165) is 17.0 Å². The molecule has 1 aliphatic rings. The van der Waals surface area contributed by atoms with Gasteiger partial charge in [-0.1, -0.05) is 6.07 Å². The van der Waals surface area contributed by atoms with E-state index < -0.39 is 27.5 Å². The Balaban J connectivity index is 1.91. The first-order valence-corrected chi connectivity index (χ1v) is 9.01. The summed E-state index contributed by atoms with van der Waals surface area (Å²) in [6.45, 7) is 0. The van der Waals surface area contributed by atoms with Crippen LogP contribution in [0.5, 0.6) is 5.75 Å². The Morgan fingerprint density at radius 2 is 1.85 bits per heavy atom. The molecule has 1 aliphatic heterocycles. The number of sulfonamides is 1. The van der Waals surface area contributed by atoms with Crippen LogP contribution in [0.4, 0.5) is 10.1 Å². The van der Waals surface area contributed by atoms with Crippen molar-refractivity contribution < 1.29 is 27.4 Å². The standard InChI is InChI=1S/C16H11FN2O5S2/c17-12-7-9(1-6-13(12)20)8-14-15(21)19(16(25)24-14)10-2-4-11(5-3-10)26(18,22)23/h1-8,20H,(H2,18,22,23). The van der Waals surface area contributed by atoms with Gasteiger partial charge in [0.15, 0.2) is 17.3 Å². The summed E-state index contributed by atoms with van der Waals surface area (Å²) in [5.74, 6) is -2.11. The fourth-order valence-electron chi connectivity index (χ4n) is 2.24. The van der Waals surface area contributed by atoms with Crippen molar-refractivity contribution in [3.63, 3.8) is 0 Å². The van der Waals surface area contributed by atoms with Crippen LogP contribution in [0.25, 0.3) is 6.08 Å². The highest BCUT2D eigenvalue weighted by molar-refractivity contribution is 7.89. The van der Waals surface area contributed by atoms with Gasteiger partial charge < -0.3 is 9.84 Å². The molecule has 1 saturated heterocycles. The van der Waals surface area contributed by atoms with Gasteiger partial charge in [0, 0.05) is 0 Å². The van der Waals surface area contributed by atoms with Crippen LogP contribution in [0.15, 0.2) is 53.1 Å². The number of thiocarbonyl (C=S) groups is 1. The zero-order chi connectivity index (χ0) is 19.1. The number of ether oxygens (including phenoxy) is 1. The number of nitrogens with zero attached hydrogens (tertiary/aromatic N) is 1. The molecule has 134 valence electrons. The number of carbonyl (C=O) groups excluding carboxylic acids is 1. The Morgan fingerprint density at radius 3 is 2.42 bits per heavy atom. The first kappa shape index (κ1) is 18.0. The van der Waals surface area contributed by atoms with E-state index in [4.69, 9.17) is 22.1 Å². The van der Waals surface area contributed by atoms with E-state index in [2.05, 4.69) is 0 Å². The number of phenolic OH excluding ortho intramolecular Hbond substituents is 1. The molecule has 0 atom stereocenters. The molecule has 1 heterocycles. The van der Waals surface area contributed by atoms with E-state index in [1.54, 1.807) is 0 Å². The van der Waals surface area contributed by atoms with Gasteiger partial charge in [-0.3, -0.25) is 4.79 Å². The van der Waals surface area contributed by atoms with Gasteiger partial charge in [0.25, 0.3) is 5.17 Å². The van der Waals surface area contributed by atoms with Crippen LogP contribution < -0.4 is 10.0 Å². The maximum absolute atomic E-state index is 13.4. The summed E-state index contributed by atoms with van der Waals surface area (Å²) in [6.07, 6.45) is 1.27. The SMILES string of the molecule is NS(=O)(=O)c1ccc(N2C(=O)C(=Cc3ccc(O)c(F)c3)OC2=S)cc1.